The molecule has 0 aromatic carbocycles. The first-order chi connectivity index (χ1) is 9.68. The van der Waals surface area contributed by atoms with Crippen molar-refractivity contribution in [3.05, 3.63) is 18.0 Å². The summed E-state index contributed by atoms with van der Waals surface area (Å²) in [6.45, 7) is 8.23. The highest BCUT2D eigenvalue weighted by molar-refractivity contribution is 5.91. The predicted octanol–water partition coefficient (Wildman–Crippen LogP) is 1.07. The van der Waals surface area contributed by atoms with Gasteiger partial charge in [-0.2, -0.15) is 5.10 Å². The molecule has 2 amide bonds. The van der Waals surface area contributed by atoms with Crippen LogP contribution in [0.25, 0.3) is 0 Å². The third-order valence-corrected chi connectivity index (χ3v) is 3.82. The van der Waals surface area contributed by atoms with E-state index in [0.717, 1.165) is 5.69 Å². The van der Waals surface area contributed by atoms with Crippen LogP contribution in [0.4, 0.5) is 0 Å². The van der Waals surface area contributed by atoms with Gasteiger partial charge in [0, 0.05) is 25.7 Å². The highest BCUT2D eigenvalue weighted by Crippen LogP contribution is 2.25. The number of hydrogen-bond donors (Lipinski definition) is 1. The van der Waals surface area contributed by atoms with Crippen molar-refractivity contribution in [3.8, 4) is 0 Å². The van der Waals surface area contributed by atoms with E-state index in [9.17, 15) is 9.59 Å². The normalized spacial score (nSPS) is 24.0. The molecule has 1 aromatic rings. The van der Waals surface area contributed by atoms with Gasteiger partial charge in [0.2, 0.25) is 11.8 Å². The number of nitrogens with zero attached hydrogens (tertiary/aromatic N) is 3. The molecule has 2 rings (SSSR count). The minimum atomic E-state index is -0.501. The summed E-state index contributed by atoms with van der Waals surface area (Å²) < 4.78 is 1.72. The SMILES string of the molecule is CC1CC(=O)NC(C(C)(C)C)C(=O)N1Cc1ccn(C)n1. The second-order valence-electron chi connectivity index (χ2n) is 6.87. The van der Waals surface area contributed by atoms with Crippen molar-refractivity contribution >= 4 is 11.8 Å². The predicted molar refractivity (Wildman–Crippen MR) is 79.2 cm³/mol. The van der Waals surface area contributed by atoms with Gasteiger partial charge in [-0.3, -0.25) is 14.3 Å². The second kappa shape index (κ2) is 5.50. The average molecular weight is 292 g/mol. The number of rotatable bonds is 2. The third kappa shape index (κ3) is 3.43. The molecule has 6 nitrogen and oxygen atoms in total. The quantitative estimate of drug-likeness (QED) is 0.886. The molecule has 2 heterocycles. The highest BCUT2D eigenvalue weighted by atomic mass is 16.2. The van der Waals surface area contributed by atoms with E-state index < -0.39 is 6.04 Å². The van der Waals surface area contributed by atoms with Gasteiger partial charge in [-0.05, 0) is 18.4 Å². The Bertz CT molecular complexity index is 544. The molecular formula is C15H24N4O2. The van der Waals surface area contributed by atoms with Gasteiger partial charge in [-0.1, -0.05) is 20.8 Å². The van der Waals surface area contributed by atoms with Crippen molar-refractivity contribution in [2.24, 2.45) is 12.5 Å². The average Bonchev–Trinajstić information content (AvgIpc) is 2.71. The third-order valence-electron chi connectivity index (χ3n) is 3.82. The lowest BCUT2D eigenvalue weighted by Gasteiger charge is -2.33. The Hall–Kier alpha value is -1.85. The van der Waals surface area contributed by atoms with Crippen LogP contribution in [-0.2, 0) is 23.2 Å². The molecule has 1 aromatic heterocycles. The molecule has 1 aliphatic rings. The molecule has 21 heavy (non-hydrogen) atoms. The van der Waals surface area contributed by atoms with Crippen molar-refractivity contribution in [2.75, 3.05) is 0 Å². The van der Waals surface area contributed by atoms with E-state index in [2.05, 4.69) is 10.4 Å². The first kappa shape index (κ1) is 15.5. The summed E-state index contributed by atoms with van der Waals surface area (Å²) in [5.74, 6) is -0.106. The molecule has 1 N–H and O–H groups in total. The van der Waals surface area contributed by atoms with Crippen LogP contribution in [0.15, 0.2) is 12.3 Å². The molecule has 0 radical (unpaired) electrons. The van der Waals surface area contributed by atoms with E-state index in [1.165, 1.54) is 0 Å². The highest BCUT2D eigenvalue weighted by Gasteiger charge is 2.40. The molecule has 2 atom stereocenters. The van der Waals surface area contributed by atoms with E-state index in [1.807, 2.05) is 47.0 Å². The number of hydrogen-bond acceptors (Lipinski definition) is 3. The molecule has 2 unspecified atom stereocenters. The van der Waals surface area contributed by atoms with Crippen LogP contribution in [0.1, 0.15) is 39.8 Å². The molecule has 1 saturated heterocycles. The van der Waals surface area contributed by atoms with E-state index in [0.29, 0.717) is 13.0 Å². The Labute approximate surface area is 125 Å². The lowest BCUT2D eigenvalue weighted by Crippen LogP contribution is -2.52. The van der Waals surface area contributed by atoms with Gasteiger partial charge >= 0.3 is 0 Å². The van der Waals surface area contributed by atoms with Crippen LogP contribution >= 0.6 is 0 Å². The molecule has 1 aliphatic heterocycles. The molecular weight excluding hydrogens is 268 g/mol. The molecule has 0 aliphatic carbocycles. The fourth-order valence-electron chi connectivity index (χ4n) is 2.59. The Balaban J connectivity index is 2.28. The summed E-state index contributed by atoms with van der Waals surface area (Å²) in [5.41, 5.74) is 0.513. The standard InChI is InChI=1S/C15H24N4O2/c1-10-8-12(20)16-13(15(2,3)4)14(21)19(10)9-11-6-7-18(5)17-11/h6-7,10,13H,8-9H2,1-5H3,(H,16,20). The maximum Gasteiger partial charge on any atom is 0.246 e. The Kier molecular flexibility index (Phi) is 4.07. The van der Waals surface area contributed by atoms with Gasteiger partial charge in [0.25, 0.3) is 0 Å². The summed E-state index contributed by atoms with van der Waals surface area (Å²) in [6.07, 6.45) is 2.18. The summed E-state index contributed by atoms with van der Waals surface area (Å²) in [6, 6.07) is 1.26. The van der Waals surface area contributed by atoms with Crippen LogP contribution in [0.3, 0.4) is 0 Å². The molecule has 0 spiro atoms. The summed E-state index contributed by atoms with van der Waals surface area (Å²) >= 11 is 0. The van der Waals surface area contributed by atoms with Crippen molar-refractivity contribution in [1.29, 1.82) is 0 Å². The van der Waals surface area contributed by atoms with Crippen molar-refractivity contribution in [3.63, 3.8) is 0 Å². The van der Waals surface area contributed by atoms with Gasteiger partial charge in [0.15, 0.2) is 0 Å². The van der Waals surface area contributed by atoms with Crippen LogP contribution < -0.4 is 5.32 Å². The molecule has 116 valence electrons. The molecule has 6 heteroatoms. The monoisotopic (exact) mass is 292 g/mol. The van der Waals surface area contributed by atoms with Gasteiger partial charge in [-0.15, -0.1) is 0 Å². The van der Waals surface area contributed by atoms with Gasteiger partial charge in [0.05, 0.1) is 12.2 Å². The summed E-state index contributed by atoms with van der Waals surface area (Å²) in [4.78, 5) is 26.6. The van der Waals surface area contributed by atoms with Crippen LogP contribution in [0.5, 0.6) is 0 Å². The van der Waals surface area contributed by atoms with Crippen LogP contribution in [0.2, 0.25) is 0 Å². The number of aromatic nitrogens is 2. The van der Waals surface area contributed by atoms with E-state index in [1.54, 1.807) is 9.58 Å². The number of carbonyl (C=O) groups is 2. The summed E-state index contributed by atoms with van der Waals surface area (Å²) in [5, 5.41) is 7.19. The van der Waals surface area contributed by atoms with E-state index in [-0.39, 0.29) is 23.3 Å². The number of carbonyl (C=O) groups excluding carboxylic acids is 2. The first-order valence-electron chi connectivity index (χ1n) is 7.27. The maximum atomic E-state index is 12.8. The topological polar surface area (TPSA) is 67.2 Å². The summed E-state index contributed by atoms with van der Waals surface area (Å²) in [7, 11) is 1.85. The number of nitrogens with one attached hydrogen (secondary N) is 1. The fourth-order valence-corrected chi connectivity index (χ4v) is 2.59. The van der Waals surface area contributed by atoms with Gasteiger partial charge in [-0.25, -0.2) is 0 Å². The molecule has 0 saturated carbocycles. The Morgan fingerprint density at radius 2 is 2.05 bits per heavy atom. The van der Waals surface area contributed by atoms with Crippen LogP contribution in [-0.4, -0.2) is 38.6 Å². The van der Waals surface area contributed by atoms with E-state index >= 15 is 0 Å². The van der Waals surface area contributed by atoms with Crippen molar-refractivity contribution in [2.45, 2.75) is 52.7 Å². The number of amides is 2. The molecule has 0 bridgehead atoms. The Morgan fingerprint density at radius 3 is 2.57 bits per heavy atom. The van der Waals surface area contributed by atoms with Gasteiger partial charge in [0.1, 0.15) is 6.04 Å². The van der Waals surface area contributed by atoms with Crippen LogP contribution in [0, 0.1) is 5.41 Å². The van der Waals surface area contributed by atoms with Crippen molar-refractivity contribution in [1.82, 2.24) is 20.0 Å². The second-order valence-corrected chi connectivity index (χ2v) is 6.87. The largest absolute Gasteiger partial charge is 0.344 e. The zero-order valence-corrected chi connectivity index (χ0v) is 13.4. The van der Waals surface area contributed by atoms with Crippen molar-refractivity contribution < 1.29 is 9.59 Å². The smallest absolute Gasteiger partial charge is 0.246 e. The molecule has 1 fully saturated rings. The minimum absolute atomic E-state index is 0.0356. The zero-order chi connectivity index (χ0) is 15.8. The minimum Gasteiger partial charge on any atom is -0.344 e. The number of aryl methyl sites for hydroxylation is 1. The fraction of sp³-hybridized carbons (Fsp3) is 0.667. The van der Waals surface area contributed by atoms with Gasteiger partial charge < -0.3 is 10.2 Å². The van der Waals surface area contributed by atoms with E-state index in [4.69, 9.17) is 0 Å². The maximum absolute atomic E-state index is 12.8. The Morgan fingerprint density at radius 1 is 1.38 bits per heavy atom. The lowest BCUT2D eigenvalue weighted by molar-refractivity contribution is -0.138. The lowest BCUT2D eigenvalue weighted by atomic mass is 9.86. The first-order valence-corrected chi connectivity index (χ1v) is 7.27. The zero-order valence-electron chi connectivity index (χ0n) is 13.4.